The van der Waals surface area contributed by atoms with Crippen molar-refractivity contribution in [3.8, 4) is 11.5 Å². The normalized spacial score (nSPS) is 19.4. The third kappa shape index (κ3) is 4.29. The summed E-state index contributed by atoms with van der Waals surface area (Å²) in [5.41, 5.74) is 4.70. The summed E-state index contributed by atoms with van der Waals surface area (Å²) in [6.07, 6.45) is 0.925. The fraction of sp³-hybridized carbons (Fsp3) is 0.280. The summed E-state index contributed by atoms with van der Waals surface area (Å²) in [6.45, 7) is -0.298. The molecular weight excluding hydrogens is 364 g/mol. The number of hydrogen-bond acceptors (Lipinski definition) is 4. The van der Waals surface area contributed by atoms with E-state index in [1.807, 2.05) is 42.5 Å². The van der Waals surface area contributed by atoms with E-state index in [9.17, 15) is 10.2 Å². The van der Waals surface area contributed by atoms with Crippen molar-refractivity contribution < 1.29 is 20.1 Å². The van der Waals surface area contributed by atoms with E-state index >= 15 is 0 Å². The number of aliphatic hydroxyl groups excluding tert-OH is 2. The second kappa shape index (κ2) is 8.68. The summed E-state index contributed by atoms with van der Waals surface area (Å²) < 4.78 is 5.86. The van der Waals surface area contributed by atoms with E-state index in [0.717, 1.165) is 24.0 Å². The zero-order chi connectivity index (χ0) is 20.2. The van der Waals surface area contributed by atoms with Crippen molar-refractivity contribution in [2.75, 3.05) is 13.2 Å². The molecule has 0 fully saturated rings. The number of fused-ring (bicyclic) bond motifs is 1. The Bertz CT molecular complexity index is 954. The quantitative estimate of drug-likeness (QED) is 0.595. The van der Waals surface area contributed by atoms with Crippen LogP contribution in [0.3, 0.4) is 0 Å². The second-order valence-corrected chi connectivity index (χ2v) is 7.67. The van der Waals surface area contributed by atoms with Gasteiger partial charge in [0.25, 0.3) is 0 Å². The Morgan fingerprint density at radius 2 is 1.69 bits per heavy atom. The Morgan fingerprint density at radius 3 is 2.48 bits per heavy atom. The van der Waals surface area contributed by atoms with Gasteiger partial charge < -0.3 is 20.1 Å². The molecule has 0 radical (unpaired) electrons. The molecule has 150 valence electrons. The van der Waals surface area contributed by atoms with Gasteiger partial charge in [-0.3, -0.25) is 0 Å². The van der Waals surface area contributed by atoms with Crippen molar-refractivity contribution in [3.63, 3.8) is 0 Å². The summed E-state index contributed by atoms with van der Waals surface area (Å²) in [6, 6.07) is 24.0. The Labute approximate surface area is 171 Å². The van der Waals surface area contributed by atoms with E-state index in [2.05, 4.69) is 24.3 Å². The lowest BCUT2D eigenvalue weighted by molar-refractivity contribution is 0.0532. The van der Waals surface area contributed by atoms with Crippen LogP contribution >= 0.6 is 0 Å². The van der Waals surface area contributed by atoms with Gasteiger partial charge in [-0.1, -0.05) is 54.6 Å². The Morgan fingerprint density at radius 1 is 0.931 bits per heavy atom. The topological polar surface area (TPSA) is 69.9 Å². The highest BCUT2D eigenvalue weighted by Gasteiger charge is 2.31. The minimum absolute atomic E-state index is 0.0369. The van der Waals surface area contributed by atoms with Crippen molar-refractivity contribution in [2.24, 2.45) is 0 Å². The van der Waals surface area contributed by atoms with Crippen LogP contribution in [-0.2, 0) is 6.42 Å². The number of aromatic hydroxyl groups is 1. The molecule has 3 unspecified atom stereocenters. The molecule has 29 heavy (non-hydrogen) atoms. The molecule has 4 nitrogen and oxygen atoms in total. The molecule has 0 heterocycles. The average molecular weight is 390 g/mol. The molecule has 1 aliphatic rings. The zero-order valence-electron chi connectivity index (χ0n) is 16.2. The van der Waals surface area contributed by atoms with Crippen molar-refractivity contribution in [3.05, 3.63) is 95.1 Å². The fourth-order valence-electron chi connectivity index (χ4n) is 4.27. The van der Waals surface area contributed by atoms with Crippen molar-refractivity contribution in [1.82, 2.24) is 0 Å². The van der Waals surface area contributed by atoms with Crippen molar-refractivity contribution in [2.45, 2.75) is 30.8 Å². The maximum atomic E-state index is 10.1. The summed E-state index contributed by atoms with van der Waals surface area (Å²) in [7, 11) is 0. The maximum absolute atomic E-state index is 10.1. The number of benzene rings is 3. The lowest BCUT2D eigenvalue weighted by atomic mass is 9.71. The molecule has 1 aliphatic carbocycles. The van der Waals surface area contributed by atoms with Crippen LogP contribution in [0.15, 0.2) is 72.8 Å². The van der Waals surface area contributed by atoms with Crippen LogP contribution in [0.5, 0.6) is 11.5 Å². The first-order chi connectivity index (χ1) is 14.2. The summed E-state index contributed by atoms with van der Waals surface area (Å²) >= 11 is 0. The van der Waals surface area contributed by atoms with Crippen LogP contribution in [0.2, 0.25) is 0 Å². The summed E-state index contributed by atoms with van der Waals surface area (Å²) in [5.74, 6) is 1.40. The molecule has 0 bridgehead atoms. The first-order valence-electron chi connectivity index (χ1n) is 10.0. The zero-order valence-corrected chi connectivity index (χ0v) is 16.2. The molecule has 3 aromatic rings. The number of rotatable bonds is 6. The minimum Gasteiger partial charge on any atom is -0.508 e. The molecule has 0 aliphatic heterocycles. The molecule has 3 atom stereocenters. The molecule has 4 rings (SSSR count). The van der Waals surface area contributed by atoms with Crippen molar-refractivity contribution >= 4 is 0 Å². The van der Waals surface area contributed by atoms with Crippen molar-refractivity contribution in [1.29, 1.82) is 0 Å². The van der Waals surface area contributed by atoms with E-state index < -0.39 is 6.10 Å². The van der Waals surface area contributed by atoms with E-state index in [0.29, 0.717) is 11.7 Å². The molecule has 0 aromatic heterocycles. The van der Waals surface area contributed by atoms with Gasteiger partial charge in [0.15, 0.2) is 0 Å². The van der Waals surface area contributed by atoms with E-state index in [-0.39, 0.29) is 24.9 Å². The van der Waals surface area contributed by atoms with Gasteiger partial charge in [0.05, 0.1) is 6.61 Å². The van der Waals surface area contributed by atoms with Gasteiger partial charge in [-0.15, -0.1) is 0 Å². The van der Waals surface area contributed by atoms with Gasteiger partial charge in [0, 0.05) is 11.5 Å². The summed E-state index contributed by atoms with van der Waals surface area (Å²) in [5, 5.41) is 28.9. The van der Waals surface area contributed by atoms with Gasteiger partial charge in [0.1, 0.15) is 24.2 Å². The van der Waals surface area contributed by atoms with Gasteiger partial charge in [-0.2, -0.15) is 0 Å². The molecule has 0 amide bonds. The number of para-hydroxylation sites is 1. The first-order valence-corrected chi connectivity index (χ1v) is 10.0. The van der Waals surface area contributed by atoms with E-state index in [1.54, 1.807) is 6.07 Å². The highest BCUT2D eigenvalue weighted by molar-refractivity contribution is 5.49. The van der Waals surface area contributed by atoms with Crippen LogP contribution < -0.4 is 4.74 Å². The molecule has 0 saturated heterocycles. The van der Waals surface area contributed by atoms with Crippen LogP contribution in [-0.4, -0.2) is 34.6 Å². The van der Waals surface area contributed by atoms with Gasteiger partial charge >= 0.3 is 0 Å². The third-order valence-corrected chi connectivity index (χ3v) is 5.70. The molecular formula is C25H26O4. The highest BCUT2D eigenvalue weighted by Crippen LogP contribution is 2.46. The fourth-order valence-corrected chi connectivity index (χ4v) is 4.27. The Kier molecular flexibility index (Phi) is 5.84. The number of phenolic OH excluding ortho intramolecular Hbond substituents is 1. The monoisotopic (exact) mass is 390 g/mol. The van der Waals surface area contributed by atoms with Gasteiger partial charge in [-0.25, -0.2) is 0 Å². The number of phenols is 1. The molecule has 0 spiro atoms. The van der Waals surface area contributed by atoms with Crippen LogP contribution in [0.1, 0.15) is 40.5 Å². The van der Waals surface area contributed by atoms with Crippen LogP contribution in [0.25, 0.3) is 0 Å². The average Bonchev–Trinajstić information content (AvgIpc) is 2.77. The van der Waals surface area contributed by atoms with Crippen LogP contribution in [0, 0.1) is 0 Å². The molecule has 0 saturated carbocycles. The smallest absolute Gasteiger partial charge is 0.123 e. The second-order valence-electron chi connectivity index (χ2n) is 7.67. The van der Waals surface area contributed by atoms with Crippen LogP contribution in [0.4, 0.5) is 0 Å². The molecule has 3 N–H and O–H groups in total. The first kappa shape index (κ1) is 19.5. The highest BCUT2D eigenvalue weighted by atomic mass is 16.5. The lowest BCUT2D eigenvalue weighted by Gasteiger charge is -2.33. The number of ether oxygens (including phenoxy) is 1. The molecule has 4 heteroatoms. The predicted molar refractivity (Wildman–Crippen MR) is 112 cm³/mol. The van der Waals surface area contributed by atoms with Gasteiger partial charge in [-0.05, 0) is 53.6 Å². The van der Waals surface area contributed by atoms with E-state index in [1.165, 1.54) is 11.1 Å². The summed E-state index contributed by atoms with van der Waals surface area (Å²) in [4.78, 5) is 0. The standard InChI is InChI=1S/C25H26O4/c26-15-21(28)16-29-25-9-5-4-8-22(25)24-13-19(17-6-2-1-3-7-17)12-18-10-11-20(27)14-23(18)24/h1-11,14,19,21,24,26-28H,12-13,15-16H2. The SMILES string of the molecule is OCC(O)COc1ccccc1C1CC(c2ccccc2)Cc2ccc(O)cc21. The minimum atomic E-state index is -0.914. The predicted octanol–water partition coefficient (Wildman–Crippen LogP) is 3.99. The van der Waals surface area contributed by atoms with Gasteiger partial charge in [0.2, 0.25) is 0 Å². The third-order valence-electron chi connectivity index (χ3n) is 5.70. The van der Waals surface area contributed by atoms with E-state index in [4.69, 9.17) is 9.84 Å². The molecule has 3 aromatic carbocycles. The number of hydrogen-bond donors (Lipinski definition) is 3. The maximum Gasteiger partial charge on any atom is 0.123 e. The Hall–Kier alpha value is -2.82. The lowest BCUT2D eigenvalue weighted by Crippen LogP contribution is -2.23. The Balaban J connectivity index is 1.73. The number of aliphatic hydroxyl groups is 2. The largest absolute Gasteiger partial charge is 0.508 e.